The number of hydrogen-bond donors (Lipinski definition) is 1. The summed E-state index contributed by atoms with van der Waals surface area (Å²) in [6.07, 6.45) is 6.98. The van der Waals surface area contributed by atoms with E-state index in [1.807, 2.05) is 0 Å². The molecule has 0 spiro atoms. The molecule has 0 unspecified atom stereocenters. The molecule has 3 rings (SSSR count). The number of hydrogen-bond acceptors (Lipinski definition) is 2. The van der Waals surface area contributed by atoms with Crippen molar-refractivity contribution in [3.8, 4) is 0 Å². The highest BCUT2D eigenvalue weighted by Gasteiger charge is 2.19. The maximum Gasteiger partial charge on any atom is 0.220 e. The maximum absolute atomic E-state index is 11.9. The van der Waals surface area contributed by atoms with Crippen molar-refractivity contribution in [3.63, 3.8) is 0 Å². The van der Waals surface area contributed by atoms with Gasteiger partial charge in [-0.1, -0.05) is 37.1 Å². The second-order valence-electron chi connectivity index (χ2n) is 6.50. The van der Waals surface area contributed by atoms with Gasteiger partial charge in [-0.2, -0.15) is 0 Å². The Morgan fingerprint density at radius 1 is 1.19 bits per heavy atom. The summed E-state index contributed by atoms with van der Waals surface area (Å²) >= 11 is 0. The summed E-state index contributed by atoms with van der Waals surface area (Å²) < 4.78 is 0. The molecular formula is C18H26N2O. The van der Waals surface area contributed by atoms with E-state index in [0.717, 1.165) is 39.0 Å². The van der Waals surface area contributed by atoms with Crippen LogP contribution in [0.4, 0.5) is 0 Å². The number of nitrogens with one attached hydrogen (secondary N) is 1. The fraction of sp³-hybridized carbons (Fsp3) is 0.611. The van der Waals surface area contributed by atoms with Crippen molar-refractivity contribution in [2.45, 2.75) is 45.1 Å². The molecule has 3 nitrogen and oxygen atoms in total. The average Bonchev–Trinajstić information content (AvgIpc) is 3.00. The summed E-state index contributed by atoms with van der Waals surface area (Å²) in [6, 6.07) is 8.69. The lowest BCUT2D eigenvalue weighted by Gasteiger charge is -2.28. The van der Waals surface area contributed by atoms with Gasteiger partial charge in [0.15, 0.2) is 0 Å². The van der Waals surface area contributed by atoms with Crippen molar-refractivity contribution in [2.24, 2.45) is 5.92 Å². The van der Waals surface area contributed by atoms with E-state index >= 15 is 0 Å². The topological polar surface area (TPSA) is 32.3 Å². The molecule has 114 valence electrons. The normalized spacial score (nSPS) is 19.4. The van der Waals surface area contributed by atoms with E-state index in [1.54, 1.807) is 0 Å². The van der Waals surface area contributed by atoms with Crippen molar-refractivity contribution in [1.29, 1.82) is 0 Å². The van der Waals surface area contributed by atoms with Crippen LogP contribution in [0.1, 0.15) is 43.2 Å². The molecule has 1 fully saturated rings. The first kappa shape index (κ1) is 14.6. The number of carbonyl (C=O) groups is 1. The van der Waals surface area contributed by atoms with Crippen molar-refractivity contribution in [2.75, 3.05) is 19.6 Å². The Hall–Kier alpha value is -1.35. The number of rotatable bonds is 5. The third kappa shape index (κ3) is 4.07. The third-order valence-corrected chi connectivity index (χ3v) is 4.91. The minimum Gasteiger partial charge on any atom is -0.355 e. The molecule has 1 heterocycles. The molecule has 1 N–H and O–H groups in total. The molecular weight excluding hydrogens is 260 g/mol. The lowest BCUT2D eigenvalue weighted by Crippen LogP contribution is -2.38. The van der Waals surface area contributed by atoms with Crippen LogP contribution in [0.5, 0.6) is 0 Å². The summed E-state index contributed by atoms with van der Waals surface area (Å²) in [5.74, 6) is 0.895. The molecule has 21 heavy (non-hydrogen) atoms. The van der Waals surface area contributed by atoms with Gasteiger partial charge < -0.3 is 5.32 Å². The highest BCUT2D eigenvalue weighted by Crippen LogP contribution is 2.27. The Labute approximate surface area is 127 Å². The summed E-state index contributed by atoms with van der Waals surface area (Å²) in [4.78, 5) is 14.4. The van der Waals surface area contributed by atoms with Crippen LogP contribution in [0.25, 0.3) is 0 Å². The van der Waals surface area contributed by atoms with Crippen molar-refractivity contribution in [3.05, 3.63) is 35.4 Å². The van der Waals surface area contributed by atoms with Gasteiger partial charge in [0, 0.05) is 32.6 Å². The summed E-state index contributed by atoms with van der Waals surface area (Å²) in [7, 11) is 0. The molecule has 3 heteroatoms. The fourth-order valence-electron chi connectivity index (χ4n) is 3.65. The van der Waals surface area contributed by atoms with Crippen molar-refractivity contribution < 1.29 is 4.79 Å². The second-order valence-corrected chi connectivity index (χ2v) is 6.50. The zero-order chi connectivity index (χ0) is 14.5. The highest BCUT2D eigenvalue weighted by atomic mass is 16.1. The highest BCUT2D eigenvalue weighted by molar-refractivity contribution is 5.76. The first-order valence-electron chi connectivity index (χ1n) is 8.37. The van der Waals surface area contributed by atoms with E-state index in [0.29, 0.717) is 5.92 Å². The molecule has 1 aliphatic heterocycles. The minimum absolute atomic E-state index is 0.249. The van der Waals surface area contributed by atoms with Crippen molar-refractivity contribution >= 4 is 5.91 Å². The van der Waals surface area contributed by atoms with E-state index in [4.69, 9.17) is 0 Å². The molecule has 0 aromatic heterocycles. The SMILES string of the molecule is O=C(CC1CCCC1)NCCN1CCc2ccccc2C1. The molecule has 1 aromatic rings. The van der Waals surface area contributed by atoms with Crippen LogP contribution in [0.2, 0.25) is 0 Å². The van der Waals surface area contributed by atoms with Crippen LogP contribution in [0, 0.1) is 5.92 Å². The average molecular weight is 286 g/mol. The smallest absolute Gasteiger partial charge is 0.220 e. The van der Waals surface area contributed by atoms with E-state index < -0.39 is 0 Å². The molecule has 1 amide bonds. The Balaban J connectivity index is 1.37. The van der Waals surface area contributed by atoms with E-state index in [9.17, 15) is 4.79 Å². The Bertz CT molecular complexity index is 480. The lowest BCUT2D eigenvalue weighted by molar-refractivity contribution is -0.122. The molecule has 1 saturated carbocycles. The lowest BCUT2D eigenvalue weighted by atomic mass is 10.00. The standard InChI is InChI=1S/C18H26N2O/c21-18(13-15-5-1-2-6-15)19-10-12-20-11-9-16-7-3-4-8-17(16)14-20/h3-4,7-8,15H,1-2,5-6,9-14H2,(H,19,21). The fourth-order valence-corrected chi connectivity index (χ4v) is 3.65. The zero-order valence-corrected chi connectivity index (χ0v) is 12.8. The number of benzene rings is 1. The second kappa shape index (κ2) is 7.08. The van der Waals surface area contributed by atoms with Gasteiger partial charge >= 0.3 is 0 Å². The first-order chi connectivity index (χ1) is 10.3. The molecule has 2 aliphatic rings. The largest absolute Gasteiger partial charge is 0.355 e. The van der Waals surface area contributed by atoms with E-state index in [-0.39, 0.29) is 5.91 Å². The van der Waals surface area contributed by atoms with Gasteiger partial charge in [-0.05, 0) is 36.3 Å². The van der Waals surface area contributed by atoms with Gasteiger partial charge in [-0.3, -0.25) is 9.69 Å². The summed E-state index contributed by atoms with van der Waals surface area (Å²) in [6.45, 7) is 3.88. The number of fused-ring (bicyclic) bond motifs is 1. The van der Waals surface area contributed by atoms with E-state index in [2.05, 4.69) is 34.5 Å². The molecule has 0 bridgehead atoms. The quantitative estimate of drug-likeness (QED) is 0.902. The number of carbonyl (C=O) groups excluding carboxylic acids is 1. The predicted molar refractivity (Wildman–Crippen MR) is 85.0 cm³/mol. The zero-order valence-electron chi connectivity index (χ0n) is 12.8. The van der Waals surface area contributed by atoms with Crippen LogP contribution in [0.15, 0.2) is 24.3 Å². The first-order valence-corrected chi connectivity index (χ1v) is 8.37. The van der Waals surface area contributed by atoms with Crippen LogP contribution in [0.3, 0.4) is 0 Å². The van der Waals surface area contributed by atoms with Gasteiger partial charge in [0.05, 0.1) is 0 Å². The van der Waals surface area contributed by atoms with Gasteiger partial charge in [-0.25, -0.2) is 0 Å². The molecule has 1 aromatic carbocycles. The predicted octanol–water partition coefficient (Wildman–Crippen LogP) is 2.74. The molecule has 1 aliphatic carbocycles. The summed E-state index contributed by atoms with van der Waals surface area (Å²) in [5, 5.41) is 3.10. The molecule has 0 radical (unpaired) electrons. The Morgan fingerprint density at radius 2 is 1.95 bits per heavy atom. The third-order valence-electron chi connectivity index (χ3n) is 4.91. The van der Waals surface area contributed by atoms with Gasteiger partial charge in [0.2, 0.25) is 5.91 Å². The van der Waals surface area contributed by atoms with Crippen molar-refractivity contribution in [1.82, 2.24) is 10.2 Å². The van der Waals surface area contributed by atoms with Crippen LogP contribution in [-0.2, 0) is 17.8 Å². The van der Waals surface area contributed by atoms with Gasteiger partial charge in [-0.15, -0.1) is 0 Å². The maximum atomic E-state index is 11.9. The minimum atomic E-state index is 0.249. The van der Waals surface area contributed by atoms with Crippen LogP contribution >= 0.6 is 0 Å². The van der Waals surface area contributed by atoms with E-state index in [1.165, 1.54) is 36.8 Å². The van der Waals surface area contributed by atoms with Crippen LogP contribution < -0.4 is 5.32 Å². The van der Waals surface area contributed by atoms with Crippen LogP contribution in [-0.4, -0.2) is 30.4 Å². The monoisotopic (exact) mass is 286 g/mol. The molecule has 0 saturated heterocycles. The molecule has 0 atom stereocenters. The summed E-state index contributed by atoms with van der Waals surface area (Å²) in [5.41, 5.74) is 2.93. The number of amides is 1. The Kier molecular flexibility index (Phi) is 4.91. The Morgan fingerprint density at radius 3 is 2.76 bits per heavy atom. The van der Waals surface area contributed by atoms with Gasteiger partial charge in [0.25, 0.3) is 0 Å². The van der Waals surface area contributed by atoms with Gasteiger partial charge in [0.1, 0.15) is 0 Å². The number of nitrogens with zero attached hydrogens (tertiary/aromatic N) is 1.